The zero-order valence-electron chi connectivity index (χ0n) is 7.29. The summed E-state index contributed by atoms with van der Waals surface area (Å²) in [7, 11) is 0. The zero-order valence-corrected chi connectivity index (χ0v) is 7.29. The van der Waals surface area contributed by atoms with Crippen LogP contribution in [0.1, 0.15) is 44.6 Å². The Hall–Kier alpha value is -0.790. The summed E-state index contributed by atoms with van der Waals surface area (Å²) in [5, 5.41) is 3.93. The lowest BCUT2D eigenvalue weighted by Gasteiger charge is -1.93. The molecule has 0 aliphatic rings. The molecule has 2 nitrogen and oxygen atoms in total. The van der Waals surface area contributed by atoms with Gasteiger partial charge < -0.3 is 4.52 Å². The summed E-state index contributed by atoms with van der Waals surface area (Å²) in [6.07, 6.45) is 3.02. The largest absolute Gasteiger partial charge is 0.361 e. The van der Waals surface area contributed by atoms with E-state index in [-0.39, 0.29) is 0 Å². The Morgan fingerprint density at radius 3 is 2.82 bits per heavy atom. The Bertz CT molecular complexity index is 215. The number of rotatable bonds is 3. The molecule has 1 aromatic rings. The van der Waals surface area contributed by atoms with Crippen LogP contribution in [0.4, 0.5) is 0 Å². The SMILES string of the molecule is CC[CH]c1cc(C(C)C)no1. The second kappa shape index (κ2) is 3.56. The molecule has 1 aromatic heterocycles. The monoisotopic (exact) mass is 152 g/mol. The zero-order chi connectivity index (χ0) is 8.27. The van der Waals surface area contributed by atoms with Crippen molar-refractivity contribution < 1.29 is 4.52 Å². The molecule has 0 fully saturated rings. The first-order valence-corrected chi connectivity index (χ1v) is 4.04. The number of aromatic nitrogens is 1. The Balaban J connectivity index is 2.66. The lowest BCUT2D eigenvalue weighted by atomic mass is 10.1. The molecule has 0 saturated heterocycles. The highest BCUT2D eigenvalue weighted by atomic mass is 16.5. The molecule has 2 heteroatoms. The third-order valence-corrected chi connectivity index (χ3v) is 1.54. The highest BCUT2D eigenvalue weighted by molar-refractivity contribution is 5.14. The van der Waals surface area contributed by atoms with Crippen molar-refractivity contribution in [1.29, 1.82) is 0 Å². The van der Waals surface area contributed by atoms with Crippen LogP contribution in [0.15, 0.2) is 10.6 Å². The topological polar surface area (TPSA) is 26.0 Å². The van der Waals surface area contributed by atoms with Crippen molar-refractivity contribution in [2.24, 2.45) is 0 Å². The number of nitrogens with zero attached hydrogens (tertiary/aromatic N) is 1. The van der Waals surface area contributed by atoms with Gasteiger partial charge in [-0.2, -0.15) is 0 Å². The van der Waals surface area contributed by atoms with Gasteiger partial charge in [0, 0.05) is 12.5 Å². The quantitative estimate of drug-likeness (QED) is 0.665. The first-order chi connectivity index (χ1) is 5.24. The second-order valence-electron chi connectivity index (χ2n) is 2.92. The summed E-state index contributed by atoms with van der Waals surface area (Å²) in [5.74, 6) is 1.34. The summed E-state index contributed by atoms with van der Waals surface area (Å²) in [6.45, 7) is 6.29. The summed E-state index contributed by atoms with van der Waals surface area (Å²) in [6, 6.07) is 1.99. The van der Waals surface area contributed by atoms with Crippen molar-refractivity contribution in [3.8, 4) is 0 Å². The van der Waals surface area contributed by atoms with Gasteiger partial charge in [0.2, 0.25) is 0 Å². The average Bonchev–Trinajstić information content (AvgIpc) is 2.37. The smallest absolute Gasteiger partial charge is 0.140 e. The van der Waals surface area contributed by atoms with E-state index < -0.39 is 0 Å². The molecule has 0 amide bonds. The van der Waals surface area contributed by atoms with E-state index in [1.165, 1.54) is 0 Å². The fourth-order valence-corrected chi connectivity index (χ4v) is 0.873. The lowest BCUT2D eigenvalue weighted by Crippen LogP contribution is -1.84. The highest BCUT2D eigenvalue weighted by Crippen LogP contribution is 2.15. The maximum atomic E-state index is 5.06. The van der Waals surface area contributed by atoms with E-state index in [1.54, 1.807) is 0 Å². The van der Waals surface area contributed by atoms with Crippen molar-refractivity contribution >= 4 is 0 Å². The van der Waals surface area contributed by atoms with Gasteiger partial charge in [0.25, 0.3) is 0 Å². The molecule has 1 radical (unpaired) electrons. The molecule has 11 heavy (non-hydrogen) atoms. The van der Waals surface area contributed by atoms with Crippen molar-refractivity contribution in [3.63, 3.8) is 0 Å². The van der Waals surface area contributed by atoms with Crippen molar-refractivity contribution in [3.05, 3.63) is 23.9 Å². The molecule has 0 bridgehead atoms. The minimum absolute atomic E-state index is 0.456. The van der Waals surface area contributed by atoms with Crippen LogP contribution in [0.3, 0.4) is 0 Å². The average molecular weight is 152 g/mol. The minimum Gasteiger partial charge on any atom is -0.361 e. The maximum Gasteiger partial charge on any atom is 0.140 e. The predicted molar refractivity (Wildman–Crippen MR) is 44.3 cm³/mol. The van der Waals surface area contributed by atoms with Crippen LogP contribution in [-0.2, 0) is 0 Å². The Morgan fingerprint density at radius 2 is 2.36 bits per heavy atom. The van der Waals surface area contributed by atoms with Crippen LogP contribution in [0.25, 0.3) is 0 Å². The molecule has 0 aliphatic heterocycles. The number of hydrogen-bond acceptors (Lipinski definition) is 2. The fraction of sp³-hybridized carbons (Fsp3) is 0.556. The first kappa shape index (κ1) is 8.31. The first-order valence-electron chi connectivity index (χ1n) is 4.04. The van der Waals surface area contributed by atoms with E-state index in [0.29, 0.717) is 5.92 Å². The van der Waals surface area contributed by atoms with E-state index in [4.69, 9.17) is 4.52 Å². The molecule has 0 spiro atoms. The van der Waals surface area contributed by atoms with Crippen LogP contribution in [0.5, 0.6) is 0 Å². The molecule has 61 valence electrons. The Morgan fingerprint density at radius 1 is 1.64 bits per heavy atom. The molecule has 0 N–H and O–H groups in total. The molecule has 0 unspecified atom stereocenters. The second-order valence-corrected chi connectivity index (χ2v) is 2.92. The van der Waals surface area contributed by atoms with Gasteiger partial charge in [-0.05, 0) is 12.3 Å². The normalized spacial score (nSPS) is 10.9. The molecule has 0 atom stereocenters. The van der Waals surface area contributed by atoms with E-state index >= 15 is 0 Å². The Labute approximate surface area is 67.6 Å². The summed E-state index contributed by atoms with van der Waals surface area (Å²) in [4.78, 5) is 0. The molecular formula is C9H14NO. The third kappa shape index (κ3) is 2.07. The van der Waals surface area contributed by atoms with Crippen molar-refractivity contribution in [2.45, 2.75) is 33.1 Å². The van der Waals surface area contributed by atoms with Gasteiger partial charge in [0.05, 0.1) is 5.69 Å². The van der Waals surface area contributed by atoms with Crippen molar-refractivity contribution in [1.82, 2.24) is 5.16 Å². The molecule has 0 aliphatic carbocycles. The third-order valence-electron chi connectivity index (χ3n) is 1.54. The van der Waals surface area contributed by atoms with E-state index in [9.17, 15) is 0 Å². The van der Waals surface area contributed by atoms with Crippen LogP contribution in [0.2, 0.25) is 0 Å². The molecule has 0 aromatic carbocycles. The summed E-state index contributed by atoms with van der Waals surface area (Å²) in [5.41, 5.74) is 1.03. The van der Waals surface area contributed by atoms with E-state index in [2.05, 4.69) is 25.9 Å². The van der Waals surface area contributed by atoms with Gasteiger partial charge in [-0.25, -0.2) is 0 Å². The minimum atomic E-state index is 0.456. The standard InChI is InChI=1S/C9H14NO/c1-4-5-8-6-9(7(2)3)10-11-8/h5-7H,4H2,1-3H3. The molecule has 1 heterocycles. The van der Waals surface area contributed by atoms with Gasteiger partial charge >= 0.3 is 0 Å². The number of hydrogen-bond donors (Lipinski definition) is 0. The van der Waals surface area contributed by atoms with Crippen LogP contribution < -0.4 is 0 Å². The molecule has 1 rings (SSSR count). The van der Waals surface area contributed by atoms with Gasteiger partial charge in [-0.3, -0.25) is 0 Å². The van der Waals surface area contributed by atoms with Gasteiger partial charge in [0.15, 0.2) is 0 Å². The maximum absolute atomic E-state index is 5.06. The fourth-order valence-electron chi connectivity index (χ4n) is 0.873. The lowest BCUT2D eigenvalue weighted by molar-refractivity contribution is 0.390. The van der Waals surface area contributed by atoms with E-state index in [1.807, 2.05) is 12.5 Å². The summed E-state index contributed by atoms with van der Waals surface area (Å²) >= 11 is 0. The van der Waals surface area contributed by atoms with Crippen LogP contribution in [-0.4, -0.2) is 5.16 Å². The van der Waals surface area contributed by atoms with Crippen LogP contribution in [0, 0.1) is 6.42 Å². The van der Waals surface area contributed by atoms with Crippen molar-refractivity contribution in [2.75, 3.05) is 0 Å². The van der Waals surface area contributed by atoms with Gasteiger partial charge in [-0.15, -0.1) is 0 Å². The van der Waals surface area contributed by atoms with E-state index in [0.717, 1.165) is 17.9 Å². The van der Waals surface area contributed by atoms with Crippen LogP contribution >= 0.6 is 0 Å². The highest BCUT2D eigenvalue weighted by Gasteiger charge is 2.05. The predicted octanol–water partition coefficient (Wildman–Crippen LogP) is 2.76. The van der Waals surface area contributed by atoms with Gasteiger partial charge in [-0.1, -0.05) is 25.9 Å². The molecular weight excluding hydrogens is 138 g/mol. The Kier molecular flexibility index (Phi) is 2.69. The summed E-state index contributed by atoms with van der Waals surface area (Å²) < 4.78 is 5.06. The molecule has 0 saturated carbocycles. The van der Waals surface area contributed by atoms with Gasteiger partial charge in [0.1, 0.15) is 5.76 Å².